The summed E-state index contributed by atoms with van der Waals surface area (Å²) in [6, 6.07) is -2.59. The number of esters is 1. The Kier molecular flexibility index (Phi) is 11.2. The Balaban J connectivity index is 0.000000214. The van der Waals surface area contributed by atoms with Crippen LogP contribution in [0.15, 0.2) is 27.3 Å². The molecule has 260 valence electrons. The van der Waals surface area contributed by atoms with Crippen molar-refractivity contribution >= 4 is 59.4 Å². The summed E-state index contributed by atoms with van der Waals surface area (Å²) in [6.07, 6.45) is -0.235. The minimum atomic E-state index is -3.67. The molecule has 4 aliphatic rings. The van der Waals surface area contributed by atoms with Crippen LogP contribution in [0.2, 0.25) is 0 Å². The van der Waals surface area contributed by atoms with Crippen LogP contribution in [0, 0.1) is 13.8 Å². The maximum Gasteiger partial charge on any atom is 1.00 e. The Morgan fingerprint density at radius 1 is 0.792 bits per heavy atom. The fourth-order valence-corrected chi connectivity index (χ4v) is 10.4. The number of carbonyl (C=O) groups excluding carboxylic acids is 4. The monoisotopic (exact) mass is 792 g/mol. The summed E-state index contributed by atoms with van der Waals surface area (Å²) >= 11 is 3.13. The number of alkyl halides is 1. The first-order chi connectivity index (χ1) is 21.5. The summed E-state index contributed by atoms with van der Waals surface area (Å²) in [5, 5.41) is 9.44. The number of aryl methyl sites for hydroxylation is 2. The predicted octanol–water partition coefficient (Wildman–Crippen LogP) is -3.97. The van der Waals surface area contributed by atoms with Crippen molar-refractivity contribution in [3.05, 3.63) is 44.3 Å². The van der Waals surface area contributed by atoms with Gasteiger partial charge in [0.05, 0.1) is 39.7 Å². The molecule has 4 fully saturated rings. The van der Waals surface area contributed by atoms with Crippen LogP contribution in [0.1, 0.15) is 63.6 Å². The van der Waals surface area contributed by atoms with E-state index < -0.39 is 87.4 Å². The molecule has 0 unspecified atom stereocenters. The molecule has 4 atom stereocenters. The van der Waals surface area contributed by atoms with Gasteiger partial charge in [-0.2, -0.15) is 0 Å². The van der Waals surface area contributed by atoms with Gasteiger partial charge in [-0.15, -0.1) is 0 Å². The second-order valence-electron chi connectivity index (χ2n) is 11.9. The first-order valence-electron chi connectivity index (χ1n) is 13.7. The molecule has 6 rings (SSSR count). The van der Waals surface area contributed by atoms with Crippen LogP contribution in [-0.4, -0.2) is 82.7 Å². The smallest absolute Gasteiger partial charge is 0.548 e. The maximum atomic E-state index is 12.4. The number of sulfone groups is 2. The quantitative estimate of drug-likeness (QED) is 0.121. The van der Waals surface area contributed by atoms with Gasteiger partial charge in [-0.1, -0.05) is 15.9 Å². The molecule has 2 amide bonds. The molecule has 0 radical (unpaired) electrons. The average molecular weight is 794 g/mol. The van der Waals surface area contributed by atoms with E-state index in [2.05, 4.69) is 29.2 Å². The standard InChI is InChI=1S/C13H15NO8S.C8H11NO5S.C5H5BrO3.Na/c1-6-7(22-12(17)21-6)5-20-11(16)10-13(2,3)23(18,19)9-4-8(15)14(9)10;1-8(2)6(7(11)12)9-4(10)3-5(9)15(8,13)14;1-3-4(2-6)9-5(7)8-3;/h9-10H,4-5H2,1-3H3;5-6H,3H2,1-2H3,(H,11,12);2H2,1H3;/q;;;+1/p-1/t9-,10+;5-,6+;;/m11../s1. The molecule has 0 aliphatic carbocycles. The van der Waals surface area contributed by atoms with E-state index in [0.717, 1.165) is 9.80 Å². The molecular formula is C26H30BrN2NaO16S2. The van der Waals surface area contributed by atoms with E-state index in [4.69, 9.17) is 9.15 Å². The second kappa shape index (κ2) is 13.5. The molecule has 2 aromatic heterocycles. The largest absolute Gasteiger partial charge is 1.00 e. The number of hydrogen-bond acceptors (Lipinski definition) is 16. The number of amides is 2. The fraction of sp³-hybridized carbons (Fsp3) is 0.615. The normalized spacial score (nSPS) is 26.2. The zero-order chi connectivity index (χ0) is 35.6. The van der Waals surface area contributed by atoms with Crippen molar-refractivity contribution in [2.24, 2.45) is 0 Å². The Hall–Kier alpha value is -2.72. The van der Waals surface area contributed by atoms with E-state index in [1.165, 1.54) is 34.6 Å². The van der Waals surface area contributed by atoms with E-state index >= 15 is 0 Å². The van der Waals surface area contributed by atoms with Crippen molar-refractivity contribution in [2.45, 2.75) is 98.6 Å². The topological polar surface area (TPSA) is 262 Å². The third kappa shape index (κ3) is 6.36. The molecule has 18 nitrogen and oxygen atoms in total. The van der Waals surface area contributed by atoms with Crippen molar-refractivity contribution in [1.82, 2.24) is 9.80 Å². The number of carboxylic acids is 1. The van der Waals surface area contributed by atoms with Crippen molar-refractivity contribution in [1.29, 1.82) is 0 Å². The fourth-order valence-electron chi connectivity index (χ4n) is 5.64. The molecule has 0 spiro atoms. The molecule has 0 saturated carbocycles. The summed E-state index contributed by atoms with van der Waals surface area (Å²) in [5.74, 6) is -3.49. The first-order valence-corrected chi connectivity index (χ1v) is 17.9. The van der Waals surface area contributed by atoms with Gasteiger partial charge in [-0.05, 0) is 41.5 Å². The van der Waals surface area contributed by atoms with Gasteiger partial charge in [0.15, 0.2) is 43.6 Å². The first kappa shape index (κ1) is 39.7. The van der Waals surface area contributed by atoms with E-state index in [-0.39, 0.29) is 60.5 Å². The third-order valence-corrected chi connectivity index (χ3v) is 14.6. The number of fused-ring (bicyclic) bond motifs is 2. The van der Waals surface area contributed by atoms with Crippen LogP contribution < -0.4 is 46.3 Å². The van der Waals surface area contributed by atoms with Crippen molar-refractivity contribution in [3.63, 3.8) is 0 Å². The molecule has 6 heterocycles. The van der Waals surface area contributed by atoms with Gasteiger partial charge >= 0.3 is 47.2 Å². The maximum absolute atomic E-state index is 12.4. The summed E-state index contributed by atoms with van der Waals surface area (Å²) in [7, 11) is -7.28. The van der Waals surface area contributed by atoms with Crippen LogP contribution in [0.4, 0.5) is 0 Å². The van der Waals surface area contributed by atoms with Gasteiger partial charge in [0.1, 0.15) is 22.5 Å². The predicted molar refractivity (Wildman–Crippen MR) is 155 cm³/mol. The number of aliphatic carboxylic acids is 1. The zero-order valence-corrected chi connectivity index (χ0v) is 32.0. The SMILES string of the molecule is CC1(C)[C@H](C(=O)[O-])N2C(=O)C[C@H]2S1(=O)=O.Cc1oc(=O)oc1CBr.Cc1oc(=O)oc1COC(=O)[C@@H]1N2C(=O)C[C@H]2S(=O)(=O)C1(C)C.[Na+]. The van der Waals surface area contributed by atoms with Crippen LogP contribution in [0.3, 0.4) is 0 Å². The van der Waals surface area contributed by atoms with Gasteiger partial charge in [-0.3, -0.25) is 9.59 Å². The Morgan fingerprint density at radius 2 is 1.19 bits per heavy atom. The summed E-state index contributed by atoms with van der Waals surface area (Å²) in [4.78, 5) is 69.3. The third-order valence-electron chi connectivity index (χ3n) is 8.54. The molecule has 0 bridgehead atoms. The summed E-state index contributed by atoms with van der Waals surface area (Å²) < 4.78 is 69.1. The van der Waals surface area contributed by atoms with Gasteiger partial charge in [0.2, 0.25) is 11.8 Å². The van der Waals surface area contributed by atoms with Gasteiger partial charge in [-0.25, -0.2) is 31.2 Å². The van der Waals surface area contributed by atoms with Crippen LogP contribution in [0.5, 0.6) is 0 Å². The minimum absolute atomic E-state index is 0. The molecule has 4 aliphatic heterocycles. The Bertz CT molecular complexity index is 1970. The average Bonchev–Trinajstić information content (AvgIpc) is 3.53. The molecule has 22 heteroatoms. The molecule has 4 saturated heterocycles. The summed E-state index contributed by atoms with van der Waals surface area (Å²) in [5.41, 5.74) is 0. The zero-order valence-electron chi connectivity index (χ0n) is 26.8. The number of carbonyl (C=O) groups is 4. The number of nitrogens with zero attached hydrogens (tertiary/aromatic N) is 2. The molecule has 2 aromatic rings. The number of ether oxygens (including phenoxy) is 1. The van der Waals surface area contributed by atoms with E-state index in [1.54, 1.807) is 6.92 Å². The van der Waals surface area contributed by atoms with E-state index in [0.29, 0.717) is 16.9 Å². The Morgan fingerprint density at radius 3 is 1.50 bits per heavy atom. The number of halogens is 1. The van der Waals surface area contributed by atoms with Crippen molar-refractivity contribution < 1.29 is 93.1 Å². The van der Waals surface area contributed by atoms with Crippen LogP contribution >= 0.6 is 15.9 Å². The summed E-state index contributed by atoms with van der Waals surface area (Å²) in [6.45, 7) is 8.18. The van der Waals surface area contributed by atoms with Gasteiger partial charge in [0.25, 0.3) is 0 Å². The number of rotatable bonds is 5. The second-order valence-corrected chi connectivity index (χ2v) is 17.9. The van der Waals surface area contributed by atoms with Crippen molar-refractivity contribution in [2.75, 3.05) is 0 Å². The van der Waals surface area contributed by atoms with Crippen molar-refractivity contribution in [3.8, 4) is 0 Å². The molecular weight excluding hydrogens is 763 g/mol. The van der Waals surface area contributed by atoms with Gasteiger partial charge in [0, 0.05) is 0 Å². The number of carboxylic acid groups (broad SMARTS) is 1. The number of hydrogen-bond donors (Lipinski definition) is 0. The minimum Gasteiger partial charge on any atom is -0.548 e. The Labute approximate surface area is 303 Å². The van der Waals surface area contributed by atoms with E-state index in [9.17, 15) is 50.7 Å². The molecule has 48 heavy (non-hydrogen) atoms. The number of β-lactam (4-membered cyclic amide) rings is 2. The van der Waals surface area contributed by atoms with Crippen LogP contribution in [-0.2, 0) is 55.5 Å². The van der Waals surface area contributed by atoms with Crippen LogP contribution in [0.25, 0.3) is 0 Å². The molecule has 0 N–H and O–H groups in total. The van der Waals surface area contributed by atoms with E-state index in [1.807, 2.05) is 0 Å². The molecule has 0 aromatic carbocycles. The van der Waals surface area contributed by atoms with Gasteiger partial charge < -0.3 is 42.1 Å².